The SMILES string of the molecule is CCOC(=O)C(OC(C)(C)C)c1c(C)sc(C)c1-c1ccc2c(c1)CCCC2.CCOC(=O)C(OC(C)(C)C)c1c(C)sc(C)c1B1OC(C)(C)C(C)(C)O1.Cc1sc(C)c(C(OC(C)(C)C)C(=O)O)c1-c1ccc2c(c1)CCCC2.O=S(=O)(N(c1ccccc1)S(=O)(=O)C(F)(F)F)C(F)(F)F.O=S(=O)(Oc1ccc2c(c1)CCCC2)C(F)(F)F.O=S(=O)(Oc1ccc2c(c1)CCCC2)C(F)(F)F.Oc1ccc2c(c1)CCCC2. The number of aliphatic carboxylic acids is 1. The third kappa shape index (κ3) is 32.1. The molecule has 822 valence electrons. The van der Waals surface area contributed by atoms with Gasteiger partial charge in [0.1, 0.15) is 17.2 Å². The monoisotopic (exact) mass is 2230 g/mol. The molecule has 0 spiro atoms. The predicted molar refractivity (Wildman–Crippen MR) is 554 cm³/mol. The Morgan fingerprint density at radius 3 is 0.993 bits per heavy atom. The van der Waals surface area contributed by atoms with E-state index in [0.29, 0.717) is 31.1 Å². The summed E-state index contributed by atoms with van der Waals surface area (Å²) in [6.45, 7) is 42.1. The third-order valence-electron chi connectivity index (χ3n) is 25.1. The lowest BCUT2D eigenvalue weighted by atomic mass is 9.74. The molecule has 0 saturated carbocycles. The van der Waals surface area contributed by atoms with E-state index < -0.39 is 131 Å². The Morgan fingerprint density at radius 2 is 0.671 bits per heavy atom. The number of carbonyl (C=O) groups excluding carboxylic acids is 2. The molecule has 4 heterocycles. The summed E-state index contributed by atoms with van der Waals surface area (Å²) in [5.41, 5.74) is -6.71. The molecule has 1 aliphatic heterocycles. The number of hydrogen-bond acceptors (Lipinski definition) is 24. The van der Waals surface area contributed by atoms with Gasteiger partial charge in [-0.1, -0.05) is 72.8 Å². The largest absolute Gasteiger partial charge is 0.534 e. The number of carboxylic acids is 1. The van der Waals surface area contributed by atoms with Crippen LogP contribution in [-0.4, -0.2) is 132 Å². The third-order valence-corrected chi connectivity index (χ3v) is 33.8. The van der Waals surface area contributed by atoms with Gasteiger partial charge in [0, 0.05) is 62.5 Å². The highest BCUT2D eigenvalue weighted by molar-refractivity contribution is 8.11. The van der Waals surface area contributed by atoms with Crippen LogP contribution in [0.15, 0.2) is 121 Å². The number of phenolic OH excluding ortho intramolecular Hbond substituents is 1. The molecule has 1 fully saturated rings. The number of carbonyl (C=O) groups is 3. The van der Waals surface area contributed by atoms with Gasteiger partial charge in [-0.15, -0.1) is 37.7 Å². The zero-order chi connectivity index (χ0) is 111. The minimum atomic E-state index is -6.81. The molecule has 0 radical (unpaired) electrons. The van der Waals surface area contributed by atoms with Crippen molar-refractivity contribution >= 4 is 110 Å². The number of nitrogens with zero attached hydrogens (tertiary/aromatic N) is 1. The molecular formula is C106H132BF12NO22S7. The Hall–Kier alpha value is -9.15. The van der Waals surface area contributed by atoms with Crippen molar-refractivity contribution in [1.29, 1.82) is 0 Å². The number of aromatic hydroxyl groups is 1. The van der Waals surface area contributed by atoms with E-state index in [2.05, 4.69) is 65.5 Å². The van der Waals surface area contributed by atoms with E-state index >= 15 is 0 Å². The van der Waals surface area contributed by atoms with Crippen LogP contribution in [0.3, 0.4) is 0 Å². The number of alkyl halides is 12. The maximum absolute atomic E-state index is 12.9. The Kier molecular flexibility index (Phi) is 41.0. The van der Waals surface area contributed by atoms with Gasteiger partial charge in [-0.05, 0) is 389 Å². The number of halogens is 12. The summed E-state index contributed by atoms with van der Waals surface area (Å²) < 4.78 is 284. The van der Waals surface area contributed by atoms with E-state index in [1.54, 1.807) is 59.1 Å². The number of carboxylic acid groups (broad SMARTS) is 1. The van der Waals surface area contributed by atoms with Gasteiger partial charge >= 0.3 is 87.3 Å². The second-order valence-electron chi connectivity index (χ2n) is 40.5. The average molecular weight is 2240 g/mol. The highest BCUT2D eigenvalue weighted by Crippen LogP contribution is 2.49. The summed E-state index contributed by atoms with van der Waals surface area (Å²) in [7, 11) is -25.3. The summed E-state index contributed by atoms with van der Waals surface area (Å²) >= 11 is 5.01. The minimum Gasteiger partial charge on any atom is -0.508 e. The summed E-state index contributed by atoms with van der Waals surface area (Å²) in [5, 5.41) is 19.1. The molecular weight excluding hydrogens is 2100 g/mol. The van der Waals surface area contributed by atoms with E-state index in [4.69, 9.17) is 33.0 Å². The maximum Gasteiger partial charge on any atom is 0.534 e. The molecule has 1 saturated heterocycles. The van der Waals surface area contributed by atoms with Crippen molar-refractivity contribution in [3.05, 3.63) is 223 Å². The van der Waals surface area contributed by atoms with Crippen LogP contribution in [0.5, 0.6) is 17.2 Å². The average Bonchev–Trinajstić information content (AvgIpc) is 1.70. The molecule has 9 aromatic rings. The molecule has 0 bridgehead atoms. The number of aryl methyl sites for hydroxylation is 16. The second kappa shape index (κ2) is 49.5. The number of hydrogen-bond donors (Lipinski definition) is 2. The van der Waals surface area contributed by atoms with Crippen LogP contribution >= 0.6 is 34.0 Å². The Bertz CT molecular complexity index is 6510. The summed E-state index contributed by atoms with van der Waals surface area (Å²) in [5.74, 6) is -1.78. The molecule has 149 heavy (non-hydrogen) atoms. The van der Waals surface area contributed by atoms with Crippen molar-refractivity contribution in [2.45, 2.75) is 342 Å². The normalized spacial score (nSPS) is 16.3. The van der Waals surface area contributed by atoms with Crippen molar-refractivity contribution in [2.75, 3.05) is 16.9 Å². The zero-order valence-electron chi connectivity index (χ0n) is 87.3. The van der Waals surface area contributed by atoms with Gasteiger partial charge in [0.15, 0.2) is 18.3 Å². The van der Waals surface area contributed by atoms with E-state index in [0.717, 1.165) is 181 Å². The van der Waals surface area contributed by atoms with E-state index in [9.17, 15) is 111 Å². The van der Waals surface area contributed by atoms with Crippen LogP contribution < -0.4 is 17.5 Å². The number of para-hydroxylation sites is 1. The minimum absolute atomic E-state index is 0.284. The lowest BCUT2D eigenvalue weighted by Crippen LogP contribution is -2.49. The van der Waals surface area contributed by atoms with Crippen molar-refractivity contribution < 1.29 is 152 Å². The van der Waals surface area contributed by atoms with Crippen molar-refractivity contribution in [3.8, 4) is 39.5 Å². The first kappa shape index (κ1) is 123. The van der Waals surface area contributed by atoms with Crippen LogP contribution in [0, 0.1) is 41.5 Å². The summed E-state index contributed by atoms with van der Waals surface area (Å²) in [4.78, 5) is 44.3. The number of rotatable bonds is 21. The summed E-state index contributed by atoms with van der Waals surface area (Å²) in [6.07, 6.45) is 19.2. The molecule has 43 heteroatoms. The number of fused-ring (bicyclic) bond motifs is 5. The Labute approximate surface area is 878 Å². The number of anilines is 1. The topological polar surface area (TPSA) is 315 Å². The van der Waals surface area contributed by atoms with E-state index in [-0.39, 0.29) is 23.4 Å². The molecule has 3 atom stereocenters. The van der Waals surface area contributed by atoms with Crippen molar-refractivity contribution in [2.24, 2.45) is 0 Å². The number of benzene rings is 6. The number of ether oxygens (including phenoxy) is 5. The molecule has 23 nitrogen and oxygen atoms in total. The number of esters is 2. The van der Waals surface area contributed by atoms with Gasteiger partial charge in [0.2, 0.25) is 0 Å². The van der Waals surface area contributed by atoms with E-state index in [1.807, 2.05) is 130 Å². The fourth-order valence-corrected chi connectivity index (χ4v) is 24.7. The molecule has 2 N–H and O–H groups in total. The van der Waals surface area contributed by atoms with Crippen molar-refractivity contribution in [1.82, 2.24) is 0 Å². The predicted octanol–water partition coefficient (Wildman–Crippen LogP) is 26.3. The van der Waals surface area contributed by atoms with Gasteiger partial charge in [0.25, 0.3) is 0 Å². The van der Waals surface area contributed by atoms with E-state index in [1.165, 1.54) is 119 Å². The van der Waals surface area contributed by atoms with Crippen molar-refractivity contribution in [3.63, 3.8) is 0 Å². The Morgan fingerprint density at radius 1 is 0.383 bits per heavy atom. The maximum atomic E-state index is 12.9. The first-order valence-electron chi connectivity index (χ1n) is 48.8. The quantitative estimate of drug-likeness (QED) is 0.0222. The molecule has 6 aromatic carbocycles. The van der Waals surface area contributed by atoms with Crippen LogP contribution in [-0.2, 0) is 152 Å². The highest BCUT2D eigenvalue weighted by Gasteiger charge is 2.62. The lowest BCUT2D eigenvalue weighted by molar-refractivity contribution is -0.167. The van der Waals surface area contributed by atoms with Crippen LogP contribution in [0.1, 0.15) is 288 Å². The first-order valence-corrected chi connectivity index (χ1v) is 56.9. The van der Waals surface area contributed by atoms with Gasteiger partial charge < -0.3 is 51.6 Å². The molecule has 5 aliphatic carbocycles. The molecule has 15 rings (SSSR count). The van der Waals surface area contributed by atoms with Crippen LogP contribution in [0.4, 0.5) is 58.4 Å². The molecule has 6 aliphatic rings. The Balaban J connectivity index is 0.000000196. The fraction of sp³-hybridized carbons (Fsp3) is 0.519. The van der Waals surface area contributed by atoms with Gasteiger partial charge in [-0.3, -0.25) is 0 Å². The zero-order valence-corrected chi connectivity index (χ0v) is 93.0. The highest BCUT2D eigenvalue weighted by atomic mass is 32.3. The van der Waals surface area contributed by atoms with Gasteiger partial charge in [-0.2, -0.15) is 86.4 Å². The lowest BCUT2D eigenvalue weighted by Gasteiger charge is -2.32. The second-order valence-corrected chi connectivity index (χ2v) is 51.7. The standard InChI is InChI=1S/C24H32O3S.C22H28O3S.C20H33BO5S.2C11H11F3O3S.C10H12O.C8H5F6NO4S2/c1-7-26-23(25)22(27-24(4,5)6)21-16(3)28-15(2)20(21)19-13-12-17-10-8-9-11-18(17)14-19;1-13-18(17-11-10-15-8-6-7-9-16(15)12-17)19(14(2)26-13)20(21(23)24)25-22(3,4)5;1-11-23-17(22)16(24-18(4,5)6)14-12(2)27-13(3)15(14)21-25-19(7,8)20(9,10)26-21;2*12-11(13,14)18(15,16)17-10-6-5-8-3-1-2-4-9(8)7-10;11-10-6-5-8-3-1-2-4-9(8)7-10;9-7(10,11)20(16,17)15(6-4-2-1-3-5-6)21(18,19)8(12,13)14/h12-14,22H,7-11H2,1-6H3;10-12,20H,6-9H2,1-5H3,(H,23,24);16H,11H2,1-10H3;2*5-7H,1-4H2;5-7,11H,1-4H2;1-5H. The molecule has 3 unspecified atom stereocenters. The van der Waals surface area contributed by atoms with Crippen LogP contribution in [0.2, 0.25) is 0 Å². The molecule has 0 amide bonds. The number of phenols is 1. The van der Waals surface area contributed by atoms with Gasteiger partial charge in [-0.25, -0.2) is 14.4 Å². The fourth-order valence-electron chi connectivity index (χ4n) is 17.7. The van der Waals surface area contributed by atoms with Crippen LogP contribution in [0.25, 0.3) is 22.3 Å². The number of sulfonamides is 2. The number of thiophene rings is 3. The molecule has 3 aromatic heterocycles. The van der Waals surface area contributed by atoms with Gasteiger partial charge in [0.05, 0.1) is 46.9 Å². The first-order chi connectivity index (χ1) is 68.8. The smallest absolute Gasteiger partial charge is 0.508 e. The summed E-state index contributed by atoms with van der Waals surface area (Å²) in [6, 6.07) is 31.5.